The van der Waals surface area contributed by atoms with Gasteiger partial charge in [0.25, 0.3) is 5.91 Å². The number of amides is 1. The summed E-state index contributed by atoms with van der Waals surface area (Å²) in [6.45, 7) is 6.57. The van der Waals surface area contributed by atoms with Gasteiger partial charge in [-0.1, -0.05) is 28.1 Å². The van der Waals surface area contributed by atoms with Crippen LogP contribution in [0.2, 0.25) is 0 Å². The summed E-state index contributed by atoms with van der Waals surface area (Å²) in [6.07, 6.45) is 0. The van der Waals surface area contributed by atoms with Crippen LogP contribution in [0.5, 0.6) is 11.5 Å². The molecule has 2 aromatic rings. The monoisotopic (exact) mass is 478 g/mol. The summed E-state index contributed by atoms with van der Waals surface area (Å²) in [5.41, 5.74) is 1.67. The van der Waals surface area contributed by atoms with Gasteiger partial charge in [0.1, 0.15) is 0 Å². The molecule has 0 saturated carbocycles. The number of nitrogens with one attached hydrogen (secondary N) is 2. The van der Waals surface area contributed by atoms with E-state index in [-0.39, 0.29) is 23.6 Å². The molecule has 0 atom stereocenters. The van der Waals surface area contributed by atoms with E-state index in [1.807, 2.05) is 26.8 Å². The van der Waals surface area contributed by atoms with Gasteiger partial charge in [0.15, 0.2) is 18.1 Å². The molecule has 8 heteroatoms. The van der Waals surface area contributed by atoms with E-state index in [0.717, 1.165) is 15.6 Å². The number of methoxy groups -OCH3 is 1. The van der Waals surface area contributed by atoms with Crippen molar-refractivity contribution in [3.8, 4) is 11.5 Å². The van der Waals surface area contributed by atoms with Gasteiger partial charge in [0.2, 0.25) is 0 Å². The van der Waals surface area contributed by atoms with Crippen molar-refractivity contribution in [1.82, 2.24) is 10.6 Å². The first kappa shape index (κ1) is 23.7. The molecule has 162 valence electrons. The molecule has 0 aliphatic heterocycles. The number of carboxylic acids is 1. The van der Waals surface area contributed by atoms with E-state index in [1.165, 1.54) is 0 Å². The van der Waals surface area contributed by atoms with Crippen LogP contribution >= 0.6 is 15.9 Å². The summed E-state index contributed by atoms with van der Waals surface area (Å²) in [5, 5.41) is 15.2. The van der Waals surface area contributed by atoms with Crippen LogP contribution in [0, 0.1) is 0 Å². The van der Waals surface area contributed by atoms with E-state index < -0.39 is 5.97 Å². The number of rotatable bonds is 9. The van der Waals surface area contributed by atoms with Crippen LogP contribution in [0.25, 0.3) is 0 Å². The summed E-state index contributed by atoms with van der Waals surface area (Å²) in [7, 11) is 1.55. The van der Waals surface area contributed by atoms with Gasteiger partial charge < -0.3 is 25.2 Å². The topological polar surface area (TPSA) is 96.9 Å². The van der Waals surface area contributed by atoms with Crippen LogP contribution in [0.15, 0.2) is 40.9 Å². The molecule has 1 amide bonds. The Morgan fingerprint density at radius 3 is 2.30 bits per heavy atom. The number of hydrogen-bond donors (Lipinski definition) is 3. The van der Waals surface area contributed by atoms with Crippen molar-refractivity contribution in [1.29, 1.82) is 0 Å². The fourth-order valence-electron chi connectivity index (χ4n) is 2.76. The molecule has 0 fully saturated rings. The maximum Gasteiger partial charge on any atom is 0.335 e. The summed E-state index contributed by atoms with van der Waals surface area (Å²) in [5.74, 6) is -0.150. The lowest BCUT2D eigenvalue weighted by atomic mass is 10.1. The number of carbonyl (C=O) groups excluding carboxylic acids is 1. The zero-order valence-corrected chi connectivity index (χ0v) is 19.1. The van der Waals surface area contributed by atoms with Crippen molar-refractivity contribution < 1.29 is 24.2 Å². The molecule has 3 N–H and O–H groups in total. The highest BCUT2D eigenvalue weighted by atomic mass is 79.9. The van der Waals surface area contributed by atoms with Crippen molar-refractivity contribution in [2.24, 2.45) is 0 Å². The van der Waals surface area contributed by atoms with Crippen LogP contribution in [0.3, 0.4) is 0 Å². The standard InChI is InChI=1S/C22H27BrN2O5/c1-22(2,3)25-19(26)13-30-20-16(17(23)9-10-18(20)29-4)12-24-11-14-5-7-15(8-6-14)21(27)28/h5-10,24H,11-13H2,1-4H3,(H,25,26)(H,27,28). The molecule has 0 spiro atoms. The predicted octanol–water partition coefficient (Wildman–Crippen LogP) is 3.74. The number of carbonyl (C=O) groups is 2. The maximum absolute atomic E-state index is 12.2. The van der Waals surface area contributed by atoms with Gasteiger partial charge in [-0.05, 0) is 50.6 Å². The van der Waals surface area contributed by atoms with E-state index in [9.17, 15) is 9.59 Å². The molecule has 30 heavy (non-hydrogen) atoms. The van der Waals surface area contributed by atoms with Crippen molar-refractivity contribution in [2.75, 3.05) is 13.7 Å². The molecule has 0 radical (unpaired) electrons. The SMILES string of the molecule is COc1ccc(Br)c(CNCc2ccc(C(=O)O)cc2)c1OCC(=O)NC(C)(C)C. The van der Waals surface area contributed by atoms with Crippen LogP contribution in [-0.2, 0) is 17.9 Å². The lowest BCUT2D eigenvalue weighted by Crippen LogP contribution is -2.43. The fourth-order valence-corrected chi connectivity index (χ4v) is 3.21. The zero-order chi connectivity index (χ0) is 22.3. The molecule has 0 bridgehead atoms. The van der Waals surface area contributed by atoms with E-state index in [2.05, 4.69) is 26.6 Å². The van der Waals surface area contributed by atoms with Crippen molar-refractivity contribution >= 4 is 27.8 Å². The summed E-state index contributed by atoms with van der Waals surface area (Å²) >= 11 is 3.54. The number of hydrogen-bond acceptors (Lipinski definition) is 5. The maximum atomic E-state index is 12.2. The predicted molar refractivity (Wildman–Crippen MR) is 118 cm³/mol. The second kappa shape index (κ2) is 10.4. The molecular formula is C22H27BrN2O5. The summed E-state index contributed by atoms with van der Waals surface area (Å²) in [6, 6.07) is 10.3. The van der Waals surface area contributed by atoms with E-state index >= 15 is 0 Å². The first-order chi connectivity index (χ1) is 14.1. The van der Waals surface area contributed by atoms with E-state index in [1.54, 1.807) is 37.4 Å². The molecule has 0 aromatic heterocycles. The van der Waals surface area contributed by atoms with Gasteiger partial charge in [-0.25, -0.2) is 4.79 Å². The Balaban J connectivity index is 2.08. The average molecular weight is 479 g/mol. The molecule has 2 aromatic carbocycles. The minimum Gasteiger partial charge on any atom is -0.493 e. The zero-order valence-electron chi connectivity index (χ0n) is 17.5. The third-order valence-corrected chi connectivity index (χ3v) is 4.82. The van der Waals surface area contributed by atoms with Gasteiger partial charge in [0.05, 0.1) is 12.7 Å². The number of aromatic carboxylic acids is 1. The largest absolute Gasteiger partial charge is 0.493 e. The minimum absolute atomic E-state index is 0.131. The second-order valence-electron chi connectivity index (χ2n) is 7.75. The van der Waals surface area contributed by atoms with Gasteiger partial charge in [-0.3, -0.25) is 4.79 Å². The lowest BCUT2D eigenvalue weighted by molar-refractivity contribution is -0.124. The van der Waals surface area contributed by atoms with Gasteiger partial charge >= 0.3 is 5.97 Å². The minimum atomic E-state index is -0.952. The molecule has 0 saturated heterocycles. The molecule has 0 heterocycles. The molecule has 0 unspecified atom stereocenters. The Hall–Kier alpha value is -2.58. The van der Waals surface area contributed by atoms with Gasteiger partial charge in [0, 0.05) is 28.7 Å². The molecule has 7 nitrogen and oxygen atoms in total. The van der Waals surface area contributed by atoms with Crippen LogP contribution in [0.1, 0.15) is 42.3 Å². The number of benzene rings is 2. The van der Waals surface area contributed by atoms with Gasteiger partial charge in [-0.15, -0.1) is 0 Å². The highest BCUT2D eigenvalue weighted by molar-refractivity contribution is 9.10. The molecule has 2 rings (SSSR count). The highest BCUT2D eigenvalue weighted by Crippen LogP contribution is 2.36. The number of halogens is 1. The smallest absolute Gasteiger partial charge is 0.335 e. The van der Waals surface area contributed by atoms with E-state index in [0.29, 0.717) is 24.6 Å². The van der Waals surface area contributed by atoms with Crippen molar-refractivity contribution in [2.45, 2.75) is 39.4 Å². The summed E-state index contributed by atoms with van der Waals surface area (Å²) < 4.78 is 12.1. The molecule has 0 aliphatic carbocycles. The third kappa shape index (κ3) is 7.03. The van der Waals surface area contributed by atoms with Crippen LogP contribution in [0.4, 0.5) is 0 Å². The second-order valence-corrected chi connectivity index (χ2v) is 8.60. The van der Waals surface area contributed by atoms with Crippen LogP contribution < -0.4 is 20.1 Å². The normalized spacial score (nSPS) is 11.1. The lowest BCUT2D eigenvalue weighted by Gasteiger charge is -2.21. The number of carboxylic acid groups (broad SMARTS) is 1. The molecular weight excluding hydrogens is 452 g/mol. The van der Waals surface area contributed by atoms with E-state index in [4.69, 9.17) is 14.6 Å². The Labute approximate surface area is 184 Å². The van der Waals surface area contributed by atoms with Gasteiger partial charge in [-0.2, -0.15) is 0 Å². The molecule has 0 aliphatic rings. The first-order valence-electron chi connectivity index (χ1n) is 9.43. The summed E-state index contributed by atoms with van der Waals surface area (Å²) in [4.78, 5) is 23.1. The Kier molecular flexibility index (Phi) is 8.25. The Bertz CT molecular complexity index is 892. The highest BCUT2D eigenvalue weighted by Gasteiger charge is 2.18. The van der Waals surface area contributed by atoms with Crippen molar-refractivity contribution in [3.63, 3.8) is 0 Å². The quantitative estimate of drug-likeness (QED) is 0.507. The Morgan fingerprint density at radius 1 is 1.07 bits per heavy atom. The fraction of sp³-hybridized carbons (Fsp3) is 0.364. The van der Waals surface area contributed by atoms with Crippen LogP contribution in [-0.4, -0.2) is 36.2 Å². The van der Waals surface area contributed by atoms with Crippen molar-refractivity contribution in [3.05, 3.63) is 57.6 Å². The number of ether oxygens (including phenoxy) is 2. The average Bonchev–Trinajstić information content (AvgIpc) is 2.67. The Morgan fingerprint density at radius 2 is 1.73 bits per heavy atom. The third-order valence-electron chi connectivity index (χ3n) is 4.08. The first-order valence-corrected chi connectivity index (χ1v) is 10.2.